The van der Waals surface area contributed by atoms with E-state index in [9.17, 15) is 14.4 Å². The SMILES string of the molecule is Cc1ccc(C(=O)Nc2ccccc2CNC(=O)CNC(=O)OC(C)(C)C)cc1C. The van der Waals surface area contributed by atoms with Crippen LogP contribution in [0, 0.1) is 13.8 Å². The molecule has 0 heterocycles. The molecule has 7 heteroatoms. The summed E-state index contributed by atoms with van der Waals surface area (Å²) >= 11 is 0. The molecular formula is C23H29N3O4. The molecule has 30 heavy (non-hydrogen) atoms. The summed E-state index contributed by atoms with van der Waals surface area (Å²) in [6.45, 7) is 9.19. The van der Waals surface area contributed by atoms with Crippen molar-refractivity contribution in [1.29, 1.82) is 0 Å². The molecule has 0 unspecified atom stereocenters. The van der Waals surface area contributed by atoms with Crippen molar-refractivity contribution in [2.75, 3.05) is 11.9 Å². The predicted octanol–water partition coefficient (Wildman–Crippen LogP) is 3.70. The Kier molecular flexibility index (Phi) is 7.58. The second-order valence-electron chi connectivity index (χ2n) is 8.04. The van der Waals surface area contributed by atoms with Gasteiger partial charge in [0, 0.05) is 17.8 Å². The van der Waals surface area contributed by atoms with Gasteiger partial charge in [0.1, 0.15) is 12.1 Å². The number of carbonyl (C=O) groups excluding carboxylic acids is 3. The first kappa shape index (κ1) is 22.9. The summed E-state index contributed by atoms with van der Waals surface area (Å²) in [6, 6.07) is 12.8. The van der Waals surface area contributed by atoms with Crippen molar-refractivity contribution in [2.45, 2.75) is 46.8 Å². The number of nitrogens with one attached hydrogen (secondary N) is 3. The first-order chi connectivity index (χ1) is 14.0. The third-order valence-corrected chi connectivity index (χ3v) is 4.30. The molecule has 0 fully saturated rings. The average Bonchev–Trinajstić information content (AvgIpc) is 2.66. The maximum Gasteiger partial charge on any atom is 0.408 e. The van der Waals surface area contributed by atoms with E-state index in [-0.39, 0.29) is 24.9 Å². The summed E-state index contributed by atoms with van der Waals surface area (Å²) in [5, 5.41) is 8.03. The Balaban J connectivity index is 1.93. The highest BCUT2D eigenvalue weighted by atomic mass is 16.6. The van der Waals surface area contributed by atoms with Crippen LogP contribution in [0.4, 0.5) is 10.5 Å². The molecule has 2 aromatic carbocycles. The minimum absolute atomic E-state index is 0.202. The van der Waals surface area contributed by atoms with Gasteiger partial charge in [-0.1, -0.05) is 24.3 Å². The lowest BCUT2D eigenvalue weighted by atomic mass is 10.1. The Hall–Kier alpha value is -3.35. The molecule has 0 saturated heterocycles. The predicted molar refractivity (Wildman–Crippen MR) is 116 cm³/mol. The van der Waals surface area contributed by atoms with Crippen molar-refractivity contribution in [1.82, 2.24) is 10.6 Å². The highest BCUT2D eigenvalue weighted by Gasteiger charge is 2.16. The van der Waals surface area contributed by atoms with Crippen molar-refractivity contribution >= 4 is 23.6 Å². The van der Waals surface area contributed by atoms with Crippen LogP contribution in [0.2, 0.25) is 0 Å². The standard InChI is InChI=1S/C23H29N3O4/c1-15-10-11-17(12-16(15)2)21(28)26-19-9-7-6-8-18(19)13-24-20(27)14-25-22(29)30-23(3,4)5/h6-12H,13-14H2,1-5H3,(H,24,27)(H,25,29)(H,26,28). The van der Waals surface area contributed by atoms with E-state index in [1.165, 1.54) is 0 Å². The van der Waals surface area contributed by atoms with Gasteiger partial charge in [0.25, 0.3) is 5.91 Å². The van der Waals surface area contributed by atoms with E-state index in [1.54, 1.807) is 32.9 Å². The number of anilines is 1. The van der Waals surface area contributed by atoms with Crippen molar-refractivity contribution in [3.8, 4) is 0 Å². The van der Waals surface area contributed by atoms with E-state index in [0.29, 0.717) is 11.3 Å². The van der Waals surface area contributed by atoms with Crippen LogP contribution in [0.25, 0.3) is 0 Å². The Morgan fingerprint density at radius 2 is 1.63 bits per heavy atom. The van der Waals surface area contributed by atoms with Gasteiger partial charge in [0.05, 0.1) is 0 Å². The van der Waals surface area contributed by atoms with Crippen LogP contribution >= 0.6 is 0 Å². The summed E-state index contributed by atoms with van der Waals surface area (Å²) in [5.74, 6) is -0.584. The fraction of sp³-hybridized carbons (Fsp3) is 0.348. The highest BCUT2D eigenvalue weighted by Crippen LogP contribution is 2.17. The first-order valence-electron chi connectivity index (χ1n) is 9.75. The molecule has 0 atom stereocenters. The normalized spacial score (nSPS) is 10.8. The van der Waals surface area contributed by atoms with Crippen LogP contribution in [0.1, 0.15) is 47.8 Å². The lowest BCUT2D eigenvalue weighted by Gasteiger charge is -2.19. The maximum atomic E-state index is 12.6. The molecule has 160 valence electrons. The smallest absolute Gasteiger partial charge is 0.408 e. The molecule has 3 N–H and O–H groups in total. The molecule has 0 bridgehead atoms. The summed E-state index contributed by atoms with van der Waals surface area (Å²) in [5.41, 5.74) is 3.46. The highest BCUT2D eigenvalue weighted by molar-refractivity contribution is 6.04. The van der Waals surface area contributed by atoms with Crippen LogP contribution in [0.15, 0.2) is 42.5 Å². The Morgan fingerprint density at radius 1 is 0.933 bits per heavy atom. The van der Waals surface area contributed by atoms with E-state index in [1.807, 2.05) is 44.2 Å². The fourth-order valence-corrected chi connectivity index (χ4v) is 2.60. The van der Waals surface area contributed by atoms with Gasteiger partial charge >= 0.3 is 6.09 Å². The van der Waals surface area contributed by atoms with E-state index in [2.05, 4.69) is 16.0 Å². The van der Waals surface area contributed by atoms with Gasteiger partial charge in [0.15, 0.2) is 0 Å². The zero-order chi connectivity index (χ0) is 22.3. The minimum atomic E-state index is -0.654. The largest absolute Gasteiger partial charge is 0.444 e. The van der Waals surface area contributed by atoms with Gasteiger partial charge in [-0.25, -0.2) is 4.79 Å². The fourth-order valence-electron chi connectivity index (χ4n) is 2.60. The first-order valence-corrected chi connectivity index (χ1v) is 9.75. The lowest BCUT2D eigenvalue weighted by molar-refractivity contribution is -0.120. The van der Waals surface area contributed by atoms with Crippen molar-refractivity contribution in [2.24, 2.45) is 0 Å². The summed E-state index contributed by atoms with van der Waals surface area (Å²) in [7, 11) is 0. The molecule has 0 aliphatic heterocycles. The summed E-state index contributed by atoms with van der Waals surface area (Å²) < 4.78 is 5.09. The second kappa shape index (κ2) is 9.91. The Morgan fingerprint density at radius 3 is 2.30 bits per heavy atom. The number of hydrogen-bond donors (Lipinski definition) is 3. The van der Waals surface area contributed by atoms with Gasteiger partial charge in [0.2, 0.25) is 5.91 Å². The molecule has 0 aromatic heterocycles. The molecular weight excluding hydrogens is 382 g/mol. The third-order valence-electron chi connectivity index (χ3n) is 4.30. The van der Waals surface area contributed by atoms with Crippen molar-refractivity contribution in [3.63, 3.8) is 0 Å². The quantitative estimate of drug-likeness (QED) is 0.675. The van der Waals surface area contributed by atoms with Crippen LogP contribution in [0.3, 0.4) is 0 Å². The van der Waals surface area contributed by atoms with Crippen LogP contribution in [-0.2, 0) is 16.1 Å². The topological polar surface area (TPSA) is 96.5 Å². The number of alkyl carbamates (subject to hydrolysis) is 1. The molecule has 3 amide bonds. The number of hydrogen-bond acceptors (Lipinski definition) is 4. The zero-order valence-electron chi connectivity index (χ0n) is 18.1. The Bertz CT molecular complexity index is 932. The molecule has 0 radical (unpaired) electrons. The number of carbonyl (C=O) groups is 3. The van der Waals surface area contributed by atoms with Crippen molar-refractivity contribution in [3.05, 3.63) is 64.7 Å². The number of rotatable bonds is 6. The molecule has 0 aliphatic carbocycles. The molecule has 0 aliphatic rings. The van der Waals surface area contributed by atoms with E-state index in [0.717, 1.165) is 16.7 Å². The summed E-state index contributed by atoms with van der Waals surface area (Å²) in [6.07, 6.45) is -0.654. The number of ether oxygens (including phenoxy) is 1. The monoisotopic (exact) mass is 411 g/mol. The third kappa shape index (κ3) is 7.24. The van der Waals surface area contributed by atoms with Gasteiger partial charge in [-0.2, -0.15) is 0 Å². The zero-order valence-corrected chi connectivity index (χ0v) is 18.1. The van der Waals surface area contributed by atoms with Crippen molar-refractivity contribution < 1.29 is 19.1 Å². The maximum absolute atomic E-state index is 12.6. The summed E-state index contributed by atoms with van der Waals surface area (Å²) in [4.78, 5) is 36.3. The van der Waals surface area contributed by atoms with Gasteiger partial charge in [-0.15, -0.1) is 0 Å². The van der Waals surface area contributed by atoms with E-state index in [4.69, 9.17) is 4.74 Å². The number of aryl methyl sites for hydroxylation is 2. The molecule has 0 spiro atoms. The lowest BCUT2D eigenvalue weighted by Crippen LogP contribution is -2.39. The molecule has 0 saturated carbocycles. The number of para-hydroxylation sites is 1. The second-order valence-corrected chi connectivity index (χ2v) is 8.04. The van der Waals surface area contributed by atoms with Gasteiger partial charge in [-0.05, 0) is 69.5 Å². The number of benzene rings is 2. The van der Waals surface area contributed by atoms with Gasteiger partial charge < -0.3 is 20.7 Å². The molecule has 7 nitrogen and oxygen atoms in total. The van der Waals surface area contributed by atoms with Crippen LogP contribution < -0.4 is 16.0 Å². The number of amides is 3. The molecule has 2 rings (SSSR count). The molecule has 2 aromatic rings. The van der Waals surface area contributed by atoms with Crippen LogP contribution in [0.5, 0.6) is 0 Å². The average molecular weight is 412 g/mol. The Labute approximate surface area is 177 Å². The van der Waals surface area contributed by atoms with Crippen LogP contribution in [-0.4, -0.2) is 30.1 Å². The van der Waals surface area contributed by atoms with E-state index >= 15 is 0 Å². The van der Waals surface area contributed by atoms with Gasteiger partial charge in [-0.3, -0.25) is 9.59 Å². The minimum Gasteiger partial charge on any atom is -0.444 e. The van der Waals surface area contributed by atoms with E-state index < -0.39 is 11.7 Å².